The van der Waals surface area contributed by atoms with Crippen LogP contribution < -0.4 is 16.3 Å². The molecule has 1 aliphatic heterocycles. The molecule has 4 heteroatoms. The zero-order chi connectivity index (χ0) is 12.5. The van der Waals surface area contributed by atoms with Crippen molar-refractivity contribution in [2.24, 2.45) is 0 Å². The van der Waals surface area contributed by atoms with Crippen molar-refractivity contribution >= 4 is 16.6 Å². The minimum atomic E-state index is -0.00694. The van der Waals surface area contributed by atoms with Crippen LogP contribution in [0.4, 0.5) is 5.82 Å². The van der Waals surface area contributed by atoms with Gasteiger partial charge in [-0.05, 0) is 36.8 Å². The maximum Gasteiger partial charge on any atom is 0.278 e. The molecule has 94 valence electrons. The number of pyridine rings is 1. The Hall–Kier alpha value is -1.97. The summed E-state index contributed by atoms with van der Waals surface area (Å²) in [5.74, 6) is 0.528. The van der Waals surface area contributed by atoms with E-state index in [1.807, 2.05) is 30.3 Å². The Bertz CT molecular complexity index is 626. The SMILES string of the molecule is Nc1cc2ccccc2c(=O)n1N1CCCCC1. The fraction of sp³-hybridized carbons (Fsp3) is 0.357. The molecule has 0 spiro atoms. The number of nitrogen functional groups attached to an aromatic ring is 1. The first-order valence-corrected chi connectivity index (χ1v) is 6.43. The van der Waals surface area contributed by atoms with Crippen LogP contribution in [0.2, 0.25) is 0 Å². The van der Waals surface area contributed by atoms with Gasteiger partial charge >= 0.3 is 0 Å². The van der Waals surface area contributed by atoms with Gasteiger partial charge in [0.05, 0.1) is 0 Å². The zero-order valence-corrected chi connectivity index (χ0v) is 10.3. The van der Waals surface area contributed by atoms with Crippen LogP contribution in [-0.4, -0.2) is 17.8 Å². The molecule has 1 aromatic heterocycles. The van der Waals surface area contributed by atoms with E-state index in [2.05, 4.69) is 5.01 Å². The van der Waals surface area contributed by atoms with Crippen molar-refractivity contribution in [3.63, 3.8) is 0 Å². The van der Waals surface area contributed by atoms with Crippen molar-refractivity contribution in [1.82, 2.24) is 4.68 Å². The predicted molar refractivity (Wildman–Crippen MR) is 74.4 cm³/mol. The largest absolute Gasteiger partial charge is 0.384 e. The summed E-state index contributed by atoms with van der Waals surface area (Å²) in [7, 11) is 0. The number of aromatic nitrogens is 1. The van der Waals surface area contributed by atoms with Crippen molar-refractivity contribution < 1.29 is 0 Å². The molecule has 0 unspecified atom stereocenters. The Balaban J connectivity index is 2.19. The summed E-state index contributed by atoms with van der Waals surface area (Å²) >= 11 is 0. The highest BCUT2D eigenvalue weighted by Gasteiger charge is 2.15. The van der Waals surface area contributed by atoms with Crippen LogP contribution in [0.1, 0.15) is 19.3 Å². The maximum atomic E-state index is 12.5. The van der Waals surface area contributed by atoms with E-state index in [0.29, 0.717) is 5.82 Å². The van der Waals surface area contributed by atoms with Crippen LogP contribution >= 0.6 is 0 Å². The van der Waals surface area contributed by atoms with E-state index < -0.39 is 0 Å². The van der Waals surface area contributed by atoms with Crippen molar-refractivity contribution in [3.8, 4) is 0 Å². The van der Waals surface area contributed by atoms with Gasteiger partial charge in [0.2, 0.25) is 0 Å². The summed E-state index contributed by atoms with van der Waals surface area (Å²) in [4.78, 5) is 12.5. The van der Waals surface area contributed by atoms with Crippen molar-refractivity contribution in [3.05, 3.63) is 40.7 Å². The van der Waals surface area contributed by atoms with Crippen LogP contribution in [0.3, 0.4) is 0 Å². The van der Waals surface area contributed by atoms with Gasteiger partial charge < -0.3 is 10.7 Å². The number of benzene rings is 1. The van der Waals surface area contributed by atoms with E-state index in [4.69, 9.17) is 5.73 Å². The average molecular weight is 243 g/mol. The molecule has 4 nitrogen and oxygen atoms in total. The van der Waals surface area contributed by atoms with Gasteiger partial charge in [-0.3, -0.25) is 4.79 Å². The summed E-state index contributed by atoms with van der Waals surface area (Å²) in [6.07, 6.45) is 3.48. The smallest absolute Gasteiger partial charge is 0.278 e. The molecular formula is C14H17N3O. The van der Waals surface area contributed by atoms with Crippen LogP contribution in [0.15, 0.2) is 35.1 Å². The molecule has 0 amide bonds. The van der Waals surface area contributed by atoms with Crippen LogP contribution in [-0.2, 0) is 0 Å². The van der Waals surface area contributed by atoms with Crippen LogP contribution in [0, 0.1) is 0 Å². The lowest BCUT2D eigenvalue weighted by atomic mass is 10.1. The summed E-state index contributed by atoms with van der Waals surface area (Å²) in [5, 5.41) is 3.71. The molecule has 0 bridgehead atoms. The third-order valence-corrected chi connectivity index (χ3v) is 3.55. The molecule has 1 saturated heterocycles. The highest BCUT2D eigenvalue weighted by Crippen LogP contribution is 2.15. The van der Waals surface area contributed by atoms with Gasteiger partial charge in [-0.1, -0.05) is 18.2 Å². The molecule has 2 aromatic rings. The predicted octanol–water partition coefficient (Wildman–Crippen LogP) is 1.71. The van der Waals surface area contributed by atoms with Crippen molar-refractivity contribution in [2.45, 2.75) is 19.3 Å². The molecule has 2 N–H and O–H groups in total. The normalized spacial score (nSPS) is 16.1. The lowest BCUT2D eigenvalue weighted by Gasteiger charge is -2.31. The van der Waals surface area contributed by atoms with Crippen LogP contribution in [0.5, 0.6) is 0 Å². The average Bonchev–Trinajstić information content (AvgIpc) is 2.40. The fourth-order valence-electron chi connectivity index (χ4n) is 2.64. The van der Waals surface area contributed by atoms with Gasteiger partial charge in [-0.15, -0.1) is 0 Å². The Morgan fingerprint density at radius 2 is 1.78 bits per heavy atom. The summed E-state index contributed by atoms with van der Waals surface area (Å²) in [6, 6.07) is 9.48. The Kier molecular flexibility index (Phi) is 2.70. The Morgan fingerprint density at radius 3 is 2.56 bits per heavy atom. The summed E-state index contributed by atoms with van der Waals surface area (Å²) in [5.41, 5.74) is 6.03. The van der Waals surface area contributed by atoms with E-state index in [1.54, 1.807) is 4.68 Å². The number of hydrogen-bond acceptors (Lipinski definition) is 3. The van der Waals surface area contributed by atoms with Gasteiger partial charge in [-0.2, -0.15) is 0 Å². The molecule has 0 saturated carbocycles. The number of nitrogens with zero attached hydrogens (tertiary/aromatic N) is 2. The van der Waals surface area contributed by atoms with Crippen molar-refractivity contribution in [2.75, 3.05) is 23.8 Å². The minimum absolute atomic E-state index is 0.00694. The van der Waals surface area contributed by atoms with E-state index >= 15 is 0 Å². The topological polar surface area (TPSA) is 51.3 Å². The molecule has 0 atom stereocenters. The first-order valence-electron chi connectivity index (χ1n) is 6.43. The summed E-state index contributed by atoms with van der Waals surface area (Å²) in [6.45, 7) is 1.81. The first kappa shape index (κ1) is 11.1. The van der Waals surface area contributed by atoms with Gasteiger partial charge in [0, 0.05) is 18.5 Å². The number of hydrogen-bond donors (Lipinski definition) is 1. The van der Waals surface area contributed by atoms with Gasteiger partial charge in [0.15, 0.2) is 0 Å². The molecular weight excluding hydrogens is 226 g/mol. The number of piperidine rings is 1. The number of anilines is 1. The third-order valence-electron chi connectivity index (χ3n) is 3.55. The molecule has 2 heterocycles. The quantitative estimate of drug-likeness (QED) is 0.829. The molecule has 18 heavy (non-hydrogen) atoms. The second-order valence-corrected chi connectivity index (χ2v) is 4.79. The maximum absolute atomic E-state index is 12.5. The standard InChI is InChI=1S/C14H17N3O/c15-13-10-11-6-2-3-7-12(11)14(18)17(13)16-8-4-1-5-9-16/h2-3,6-7,10H,1,4-5,8-9,15H2. The monoisotopic (exact) mass is 243 g/mol. The highest BCUT2D eigenvalue weighted by atomic mass is 16.1. The fourth-order valence-corrected chi connectivity index (χ4v) is 2.64. The zero-order valence-electron chi connectivity index (χ0n) is 10.3. The Labute approximate surface area is 106 Å². The molecule has 3 rings (SSSR count). The summed E-state index contributed by atoms with van der Waals surface area (Å²) < 4.78 is 1.64. The molecule has 0 radical (unpaired) electrons. The Morgan fingerprint density at radius 1 is 1.06 bits per heavy atom. The minimum Gasteiger partial charge on any atom is -0.384 e. The highest BCUT2D eigenvalue weighted by molar-refractivity contribution is 5.83. The third kappa shape index (κ3) is 1.74. The molecule has 1 fully saturated rings. The van der Waals surface area contributed by atoms with E-state index in [-0.39, 0.29) is 5.56 Å². The van der Waals surface area contributed by atoms with Crippen LogP contribution in [0.25, 0.3) is 10.8 Å². The number of fused-ring (bicyclic) bond motifs is 1. The number of nitrogens with two attached hydrogens (primary N) is 1. The lowest BCUT2D eigenvalue weighted by Crippen LogP contribution is -2.46. The van der Waals surface area contributed by atoms with Gasteiger partial charge in [0.25, 0.3) is 5.56 Å². The molecule has 0 aliphatic carbocycles. The first-order chi connectivity index (χ1) is 8.77. The second-order valence-electron chi connectivity index (χ2n) is 4.79. The van der Waals surface area contributed by atoms with E-state index in [0.717, 1.165) is 36.7 Å². The van der Waals surface area contributed by atoms with Gasteiger partial charge in [-0.25, -0.2) is 4.68 Å². The van der Waals surface area contributed by atoms with E-state index in [1.165, 1.54) is 6.42 Å². The van der Waals surface area contributed by atoms with E-state index in [9.17, 15) is 4.79 Å². The second kappa shape index (κ2) is 4.37. The molecule has 1 aliphatic rings. The molecule has 1 aromatic carbocycles. The lowest BCUT2D eigenvalue weighted by molar-refractivity contribution is 0.475. The number of rotatable bonds is 1. The van der Waals surface area contributed by atoms with Crippen molar-refractivity contribution in [1.29, 1.82) is 0 Å². The van der Waals surface area contributed by atoms with Gasteiger partial charge in [0.1, 0.15) is 5.82 Å².